The summed E-state index contributed by atoms with van der Waals surface area (Å²) in [7, 11) is -4.31. The summed E-state index contributed by atoms with van der Waals surface area (Å²) in [5.41, 5.74) is 0.105. The van der Waals surface area contributed by atoms with Crippen molar-refractivity contribution >= 4 is 16.1 Å². The fraction of sp³-hybridized carbons (Fsp3) is 0.781. The molecule has 2 amide bonds. The summed E-state index contributed by atoms with van der Waals surface area (Å²) in [5.74, 6) is 1.29. The molecule has 44 heavy (non-hydrogen) atoms. The van der Waals surface area contributed by atoms with Gasteiger partial charge in [0.25, 0.3) is 10.0 Å². The molecule has 0 heterocycles. The first-order valence-corrected chi connectivity index (χ1v) is 17.5. The number of benzene rings is 1. The molecule has 4 aliphatic carbocycles. The fourth-order valence-electron chi connectivity index (χ4n) is 10.4. The van der Waals surface area contributed by atoms with Crippen LogP contribution in [0.3, 0.4) is 0 Å². The number of aliphatic hydroxyl groups is 2. The molecule has 248 valence electrons. The molecule has 5 rings (SSSR count). The molecule has 11 atom stereocenters. The third-order valence-corrected chi connectivity index (χ3v) is 13.7. The van der Waals surface area contributed by atoms with Crippen molar-refractivity contribution in [2.45, 2.75) is 103 Å². The molecule has 12 heteroatoms. The van der Waals surface area contributed by atoms with Crippen LogP contribution in [0.1, 0.15) is 79.1 Å². The largest absolute Gasteiger partial charge is 0.573 e. The van der Waals surface area contributed by atoms with E-state index in [1.165, 1.54) is 0 Å². The number of aliphatic hydroxyl groups excluding tert-OH is 2. The zero-order chi connectivity index (χ0) is 32.2. The molecule has 0 unspecified atom stereocenters. The minimum absolute atomic E-state index is 0.0122. The molecule has 0 spiro atoms. The van der Waals surface area contributed by atoms with E-state index in [1.807, 2.05) is 4.72 Å². The Morgan fingerprint density at radius 1 is 1.02 bits per heavy atom. The van der Waals surface area contributed by atoms with E-state index in [1.54, 1.807) is 0 Å². The zero-order valence-electron chi connectivity index (χ0n) is 25.9. The van der Waals surface area contributed by atoms with Gasteiger partial charge in [0.1, 0.15) is 5.75 Å². The second kappa shape index (κ2) is 12.0. The van der Waals surface area contributed by atoms with Gasteiger partial charge < -0.3 is 20.3 Å². The quantitative estimate of drug-likeness (QED) is 0.296. The van der Waals surface area contributed by atoms with Gasteiger partial charge in [0, 0.05) is 6.54 Å². The van der Waals surface area contributed by atoms with Crippen molar-refractivity contribution in [2.75, 3.05) is 6.54 Å². The molecular formula is C32H47F3N2O6S. The molecule has 0 bridgehead atoms. The van der Waals surface area contributed by atoms with Crippen LogP contribution in [0.2, 0.25) is 0 Å². The lowest BCUT2D eigenvalue weighted by molar-refractivity contribution is -0.274. The van der Waals surface area contributed by atoms with Crippen LogP contribution in [0.15, 0.2) is 29.2 Å². The van der Waals surface area contributed by atoms with Gasteiger partial charge >= 0.3 is 12.4 Å². The molecule has 4 N–H and O–H groups in total. The number of fused-ring (bicyclic) bond motifs is 5. The summed E-state index contributed by atoms with van der Waals surface area (Å²) in [6.45, 7) is 9.24. The summed E-state index contributed by atoms with van der Waals surface area (Å²) in [5, 5.41) is 25.1. The molecule has 0 radical (unpaired) electrons. The maximum atomic E-state index is 12.7. The number of rotatable bonds is 7. The van der Waals surface area contributed by atoms with Gasteiger partial charge in [-0.05, 0) is 121 Å². The average Bonchev–Trinajstić information content (AvgIpc) is 3.29. The predicted molar refractivity (Wildman–Crippen MR) is 158 cm³/mol. The number of alkyl halides is 3. The fourth-order valence-corrected chi connectivity index (χ4v) is 11.3. The zero-order valence-corrected chi connectivity index (χ0v) is 26.8. The Morgan fingerprint density at radius 3 is 2.30 bits per heavy atom. The van der Waals surface area contributed by atoms with Crippen molar-refractivity contribution < 1.29 is 41.3 Å². The first kappa shape index (κ1) is 33.3. The van der Waals surface area contributed by atoms with E-state index >= 15 is 0 Å². The van der Waals surface area contributed by atoms with E-state index in [0.717, 1.165) is 75.6 Å². The highest BCUT2D eigenvalue weighted by molar-refractivity contribution is 7.90. The molecule has 4 fully saturated rings. The monoisotopic (exact) mass is 644 g/mol. The van der Waals surface area contributed by atoms with Crippen LogP contribution in [-0.2, 0) is 10.0 Å². The minimum atomic E-state index is -4.90. The number of ether oxygens (including phenoxy) is 1. The SMILES string of the molecule is CC[C@H]1[C@@H](O)[C@@H]2[C@H](CC[C@]3(C)[C@@H]([C@H](C)CNC(=O)NS(=O)(=O)c4ccc(OC(F)(F)F)cc4)CC[C@@H]23)[C@@]2(C)CC[C@@H](O)C[C@@H]12. The lowest BCUT2D eigenvalue weighted by atomic mass is 9.41. The Bertz CT molecular complexity index is 1310. The standard InChI is InChI=1S/C32H47F3N2O6S/c1-5-22-26-16-19(38)12-14-31(26,4)25-13-15-30(3)23(10-11-24(30)27(25)28(22)39)18(2)17-36-29(40)37-44(41,42)21-8-6-20(7-9-21)43-32(33,34)35/h6-9,18-19,22-28,38-39H,5,10-17H2,1-4H3,(H2,36,37,40)/t18-,19-,22-,23-,24+,25+,26+,27+,28-,30-,31-/m1/s1. The Balaban J connectivity index is 1.22. The van der Waals surface area contributed by atoms with Gasteiger partial charge in [-0.15, -0.1) is 13.2 Å². The highest BCUT2D eigenvalue weighted by Gasteiger charge is 2.64. The summed E-state index contributed by atoms with van der Waals surface area (Å²) in [6.07, 6.45) is 1.98. The van der Waals surface area contributed by atoms with Gasteiger partial charge in [-0.1, -0.05) is 34.1 Å². The third kappa shape index (κ3) is 6.07. The van der Waals surface area contributed by atoms with Gasteiger partial charge in [0.2, 0.25) is 0 Å². The Hall–Kier alpha value is -2.05. The molecule has 1 aromatic carbocycles. The third-order valence-electron chi connectivity index (χ3n) is 12.3. The van der Waals surface area contributed by atoms with Crippen LogP contribution in [0.5, 0.6) is 5.75 Å². The van der Waals surface area contributed by atoms with Crippen molar-refractivity contribution in [3.05, 3.63) is 24.3 Å². The summed E-state index contributed by atoms with van der Waals surface area (Å²) >= 11 is 0. The van der Waals surface area contributed by atoms with Gasteiger partial charge in [0.15, 0.2) is 0 Å². The van der Waals surface area contributed by atoms with Gasteiger partial charge in [-0.3, -0.25) is 0 Å². The molecular weight excluding hydrogens is 597 g/mol. The van der Waals surface area contributed by atoms with Gasteiger partial charge in [-0.2, -0.15) is 0 Å². The van der Waals surface area contributed by atoms with Crippen molar-refractivity contribution in [1.29, 1.82) is 0 Å². The number of urea groups is 1. The molecule has 8 nitrogen and oxygen atoms in total. The van der Waals surface area contributed by atoms with Crippen molar-refractivity contribution in [3.63, 3.8) is 0 Å². The van der Waals surface area contributed by atoms with E-state index in [-0.39, 0.29) is 52.0 Å². The molecule has 0 saturated heterocycles. The maximum Gasteiger partial charge on any atom is 0.573 e. The molecule has 1 aromatic rings. The number of nitrogens with one attached hydrogen (secondary N) is 2. The number of hydrogen-bond donors (Lipinski definition) is 4. The summed E-state index contributed by atoms with van der Waals surface area (Å²) in [6, 6.07) is 2.73. The molecule has 4 aliphatic rings. The van der Waals surface area contributed by atoms with Crippen LogP contribution in [-0.4, -0.2) is 49.8 Å². The topological polar surface area (TPSA) is 125 Å². The number of carbonyl (C=O) groups is 1. The van der Waals surface area contributed by atoms with E-state index in [9.17, 15) is 36.6 Å². The first-order valence-electron chi connectivity index (χ1n) is 16.0. The van der Waals surface area contributed by atoms with Crippen LogP contribution in [0, 0.1) is 52.3 Å². The number of halogens is 3. The van der Waals surface area contributed by atoms with Gasteiger partial charge in [-0.25, -0.2) is 17.9 Å². The first-order chi connectivity index (χ1) is 20.5. The summed E-state index contributed by atoms with van der Waals surface area (Å²) < 4.78 is 68.3. The van der Waals surface area contributed by atoms with E-state index in [2.05, 4.69) is 37.7 Å². The average molecular weight is 645 g/mol. The molecule has 4 saturated carbocycles. The number of carbonyl (C=O) groups excluding carboxylic acids is 1. The van der Waals surface area contributed by atoms with Crippen LogP contribution in [0.4, 0.5) is 18.0 Å². The van der Waals surface area contributed by atoms with Crippen LogP contribution < -0.4 is 14.8 Å². The normalized spacial score (nSPS) is 39.4. The van der Waals surface area contributed by atoms with Crippen molar-refractivity contribution in [3.8, 4) is 5.75 Å². The minimum Gasteiger partial charge on any atom is -0.406 e. The second-order valence-corrected chi connectivity index (χ2v) is 16.1. The Morgan fingerprint density at radius 2 is 1.66 bits per heavy atom. The highest BCUT2D eigenvalue weighted by Crippen LogP contribution is 2.69. The van der Waals surface area contributed by atoms with Crippen LogP contribution in [0.25, 0.3) is 0 Å². The van der Waals surface area contributed by atoms with Crippen molar-refractivity contribution in [1.82, 2.24) is 10.0 Å². The van der Waals surface area contributed by atoms with E-state index in [4.69, 9.17) is 0 Å². The smallest absolute Gasteiger partial charge is 0.406 e. The number of hydrogen-bond acceptors (Lipinski definition) is 6. The molecule has 0 aliphatic heterocycles. The van der Waals surface area contributed by atoms with Crippen molar-refractivity contribution in [2.24, 2.45) is 52.3 Å². The Labute approximate surface area is 258 Å². The predicted octanol–water partition coefficient (Wildman–Crippen LogP) is 5.84. The maximum absolute atomic E-state index is 12.7. The Kier molecular flexibility index (Phi) is 9.05. The van der Waals surface area contributed by atoms with Crippen LogP contribution >= 0.6 is 0 Å². The molecule has 0 aromatic heterocycles. The van der Waals surface area contributed by atoms with E-state index in [0.29, 0.717) is 17.8 Å². The lowest BCUT2D eigenvalue weighted by Crippen LogP contribution is -2.62. The van der Waals surface area contributed by atoms with Gasteiger partial charge in [0.05, 0.1) is 17.1 Å². The number of sulfonamides is 1. The highest BCUT2D eigenvalue weighted by atomic mass is 32.2. The summed E-state index contributed by atoms with van der Waals surface area (Å²) in [4.78, 5) is 12.3. The lowest BCUT2D eigenvalue weighted by Gasteiger charge is -2.64. The number of amides is 2. The van der Waals surface area contributed by atoms with E-state index < -0.39 is 34.3 Å². The second-order valence-electron chi connectivity index (χ2n) is 14.4.